The van der Waals surface area contributed by atoms with Gasteiger partial charge in [0.05, 0.1) is 7.11 Å². The normalized spacial score (nSPS) is 13.5. The average Bonchev–Trinajstić information content (AvgIpc) is 2.55. The summed E-state index contributed by atoms with van der Waals surface area (Å²) in [5.41, 5.74) is 4.10. The number of benzene rings is 2. The fourth-order valence-electron chi connectivity index (χ4n) is 3.15. The summed E-state index contributed by atoms with van der Waals surface area (Å²) in [6.07, 6.45) is 4.80. The fraction of sp³-hybridized carbons (Fsp3) is 0.300. The van der Waals surface area contributed by atoms with Crippen LogP contribution < -0.4 is 4.74 Å². The third-order valence-corrected chi connectivity index (χ3v) is 4.38. The molecule has 3 rings (SSSR count). The van der Waals surface area contributed by atoms with Crippen molar-refractivity contribution in [1.82, 2.24) is 0 Å². The number of rotatable bonds is 4. The standard InChI is InChI=1S/C20H20F2O/c1-3-4-13-5-8-16(18(21)11-13)14-6-9-17-15(12-14)7-10-19(23-2)20(17)22/h5-8,10-11H,3-4,9,12H2,1-2H3. The van der Waals surface area contributed by atoms with Crippen LogP contribution in [0.3, 0.4) is 0 Å². The molecule has 1 aliphatic rings. The van der Waals surface area contributed by atoms with Crippen LogP contribution in [0.25, 0.3) is 5.57 Å². The Morgan fingerprint density at radius 3 is 2.65 bits per heavy atom. The zero-order valence-electron chi connectivity index (χ0n) is 13.5. The number of ether oxygens (including phenoxy) is 1. The van der Waals surface area contributed by atoms with Gasteiger partial charge in [0, 0.05) is 5.56 Å². The first kappa shape index (κ1) is 15.7. The van der Waals surface area contributed by atoms with E-state index in [1.807, 2.05) is 24.3 Å². The molecule has 0 aromatic heterocycles. The van der Waals surface area contributed by atoms with E-state index in [-0.39, 0.29) is 17.4 Å². The van der Waals surface area contributed by atoms with Crippen molar-refractivity contribution in [2.24, 2.45) is 0 Å². The number of hydrogen-bond acceptors (Lipinski definition) is 1. The van der Waals surface area contributed by atoms with Gasteiger partial charge in [-0.25, -0.2) is 8.78 Å². The van der Waals surface area contributed by atoms with Gasteiger partial charge in [0.25, 0.3) is 0 Å². The minimum absolute atomic E-state index is 0.195. The van der Waals surface area contributed by atoms with Crippen LogP contribution in [0.4, 0.5) is 8.78 Å². The summed E-state index contributed by atoms with van der Waals surface area (Å²) in [6.45, 7) is 2.08. The molecule has 0 unspecified atom stereocenters. The number of aryl methyl sites for hydroxylation is 1. The third-order valence-electron chi connectivity index (χ3n) is 4.38. The van der Waals surface area contributed by atoms with Gasteiger partial charge in [-0.1, -0.05) is 37.6 Å². The molecule has 0 radical (unpaired) electrons. The zero-order valence-corrected chi connectivity index (χ0v) is 13.5. The van der Waals surface area contributed by atoms with Crippen molar-refractivity contribution < 1.29 is 13.5 Å². The molecule has 3 heteroatoms. The molecule has 0 atom stereocenters. The second-order valence-corrected chi connectivity index (χ2v) is 5.89. The number of hydrogen-bond donors (Lipinski definition) is 0. The molecule has 0 N–H and O–H groups in total. The third kappa shape index (κ3) is 3.00. The molecule has 0 fully saturated rings. The molecule has 0 aliphatic heterocycles. The molecule has 0 heterocycles. The molecule has 0 saturated carbocycles. The van der Waals surface area contributed by atoms with E-state index in [9.17, 15) is 8.78 Å². The lowest BCUT2D eigenvalue weighted by Crippen LogP contribution is -2.07. The van der Waals surface area contributed by atoms with Crippen LogP contribution in [0, 0.1) is 11.6 Å². The Bertz CT molecular complexity index is 762. The highest BCUT2D eigenvalue weighted by molar-refractivity contribution is 5.71. The van der Waals surface area contributed by atoms with E-state index in [2.05, 4.69) is 6.92 Å². The van der Waals surface area contributed by atoms with Gasteiger partial charge in [0.1, 0.15) is 5.82 Å². The Morgan fingerprint density at radius 1 is 1.13 bits per heavy atom. The summed E-state index contributed by atoms with van der Waals surface area (Å²) >= 11 is 0. The maximum absolute atomic E-state index is 14.4. The Hall–Kier alpha value is -2.16. The van der Waals surface area contributed by atoms with E-state index in [1.165, 1.54) is 7.11 Å². The van der Waals surface area contributed by atoms with Gasteiger partial charge in [-0.2, -0.15) is 0 Å². The molecular formula is C20H20F2O. The van der Waals surface area contributed by atoms with Gasteiger partial charge in [-0.3, -0.25) is 0 Å². The molecule has 2 aromatic carbocycles. The van der Waals surface area contributed by atoms with E-state index < -0.39 is 0 Å². The monoisotopic (exact) mass is 314 g/mol. The molecular weight excluding hydrogens is 294 g/mol. The molecule has 1 aliphatic carbocycles. The van der Waals surface area contributed by atoms with E-state index in [0.29, 0.717) is 24.0 Å². The molecule has 0 spiro atoms. The van der Waals surface area contributed by atoms with Crippen LogP contribution >= 0.6 is 0 Å². The van der Waals surface area contributed by atoms with Gasteiger partial charge in [0.15, 0.2) is 11.6 Å². The van der Waals surface area contributed by atoms with Crippen molar-refractivity contribution in [2.75, 3.05) is 7.11 Å². The summed E-state index contributed by atoms with van der Waals surface area (Å²) in [7, 11) is 1.46. The largest absolute Gasteiger partial charge is 0.494 e. The van der Waals surface area contributed by atoms with Crippen LogP contribution in [0.2, 0.25) is 0 Å². The summed E-state index contributed by atoms with van der Waals surface area (Å²) in [4.78, 5) is 0. The maximum atomic E-state index is 14.4. The highest BCUT2D eigenvalue weighted by Crippen LogP contribution is 2.33. The van der Waals surface area contributed by atoms with Gasteiger partial charge in [-0.15, -0.1) is 0 Å². The molecule has 120 valence electrons. The molecule has 0 saturated heterocycles. The first-order valence-corrected chi connectivity index (χ1v) is 7.96. The summed E-state index contributed by atoms with van der Waals surface area (Å²) in [5, 5.41) is 0. The second kappa shape index (κ2) is 6.53. The van der Waals surface area contributed by atoms with Gasteiger partial charge in [-0.05, 0) is 53.7 Å². The lowest BCUT2D eigenvalue weighted by molar-refractivity contribution is 0.384. The first-order valence-electron chi connectivity index (χ1n) is 7.96. The van der Waals surface area contributed by atoms with Crippen molar-refractivity contribution in [3.63, 3.8) is 0 Å². The van der Waals surface area contributed by atoms with Crippen molar-refractivity contribution in [3.05, 3.63) is 70.3 Å². The van der Waals surface area contributed by atoms with Crippen molar-refractivity contribution >= 4 is 5.57 Å². The predicted molar refractivity (Wildman–Crippen MR) is 88.7 cm³/mol. The van der Waals surface area contributed by atoms with Crippen LogP contribution in [-0.4, -0.2) is 7.11 Å². The lowest BCUT2D eigenvalue weighted by Gasteiger charge is -2.19. The average molecular weight is 314 g/mol. The molecule has 1 nitrogen and oxygen atoms in total. The Balaban J connectivity index is 1.91. The minimum Gasteiger partial charge on any atom is -0.494 e. The Kier molecular flexibility index (Phi) is 4.46. The Morgan fingerprint density at radius 2 is 1.96 bits per heavy atom. The number of fused-ring (bicyclic) bond motifs is 1. The summed E-state index contributed by atoms with van der Waals surface area (Å²) in [5.74, 6) is -0.241. The maximum Gasteiger partial charge on any atom is 0.168 e. The van der Waals surface area contributed by atoms with E-state index in [4.69, 9.17) is 4.74 Å². The highest BCUT2D eigenvalue weighted by Gasteiger charge is 2.20. The van der Waals surface area contributed by atoms with Gasteiger partial charge >= 0.3 is 0 Å². The smallest absolute Gasteiger partial charge is 0.168 e. The van der Waals surface area contributed by atoms with Crippen molar-refractivity contribution in [3.8, 4) is 5.75 Å². The van der Waals surface area contributed by atoms with Crippen molar-refractivity contribution in [1.29, 1.82) is 0 Å². The SMILES string of the molecule is CCCc1ccc(C2=CCc3c(ccc(OC)c3F)C2)c(F)c1. The fourth-order valence-corrected chi connectivity index (χ4v) is 3.15. The summed E-state index contributed by atoms with van der Waals surface area (Å²) < 4.78 is 33.7. The Labute approximate surface area is 135 Å². The van der Waals surface area contributed by atoms with E-state index >= 15 is 0 Å². The van der Waals surface area contributed by atoms with Crippen LogP contribution in [0.1, 0.15) is 35.6 Å². The van der Waals surface area contributed by atoms with Gasteiger partial charge < -0.3 is 4.74 Å². The lowest BCUT2D eigenvalue weighted by atomic mass is 9.87. The van der Waals surface area contributed by atoms with Crippen LogP contribution in [0.15, 0.2) is 36.4 Å². The molecule has 0 amide bonds. The molecule has 2 aromatic rings. The van der Waals surface area contributed by atoms with Crippen LogP contribution in [0.5, 0.6) is 5.75 Å². The zero-order chi connectivity index (χ0) is 16.4. The van der Waals surface area contributed by atoms with E-state index in [0.717, 1.165) is 29.5 Å². The quantitative estimate of drug-likeness (QED) is 0.762. The number of methoxy groups -OCH3 is 1. The molecule has 23 heavy (non-hydrogen) atoms. The van der Waals surface area contributed by atoms with Crippen molar-refractivity contribution in [2.45, 2.75) is 32.6 Å². The first-order chi connectivity index (χ1) is 11.1. The molecule has 0 bridgehead atoms. The van der Waals surface area contributed by atoms with E-state index in [1.54, 1.807) is 12.1 Å². The highest BCUT2D eigenvalue weighted by atomic mass is 19.1. The minimum atomic E-state index is -0.306. The topological polar surface area (TPSA) is 9.23 Å². The predicted octanol–water partition coefficient (Wildman–Crippen LogP) is 5.11. The number of allylic oxidation sites excluding steroid dienone is 2. The van der Waals surface area contributed by atoms with Crippen LogP contribution in [-0.2, 0) is 19.3 Å². The summed E-state index contributed by atoms with van der Waals surface area (Å²) in [6, 6.07) is 8.94. The number of halogens is 2. The van der Waals surface area contributed by atoms with Gasteiger partial charge in [0.2, 0.25) is 0 Å². The second-order valence-electron chi connectivity index (χ2n) is 5.89.